The van der Waals surface area contributed by atoms with Crippen LogP contribution in [-0.2, 0) is 16.4 Å². The van der Waals surface area contributed by atoms with Crippen molar-refractivity contribution in [1.29, 1.82) is 0 Å². The van der Waals surface area contributed by atoms with Gasteiger partial charge in [-0.05, 0) is 37.1 Å². The maximum Gasteiger partial charge on any atom is 0.180 e. The molecule has 1 aliphatic rings. The molecular weight excluding hydrogens is 394 g/mol. The number of aromatic nitrogens is 1. The first-order valence-electron chi connectivity index (χ1n) is 10.7. The van der Waals surface area contributed by atoms with Crippen molar-refractivity contribution in [2.75, 3.05) is 29.1 Å². The predicted octanol–water partition coefficient (Wildman–Crippen LogP) is 4.94. The van der Waals surface area contributed by atoms with E-state index in [1.807, 2.05) is 18.2 Å². The van der Waals surface area contributed by atoms with E-state index in [9.17, 15) is 8.42 Å². The Kier molecular flexibility index (Phi) is 5.95. The Morgan fingerprint density at radius 1 is 1.10 bits per heavy atom. The Morgan fingerprint density at radius 3 is 2.77 bits per heavy atom. The van der Waals surface area contributed by atoms with E-state index in [0.717, 1.165) is 40.9 Å². The minimum atomic E-state index is -3.28. The fourth-order valence-electron chi connectivity index (χ4n) is 3.99. The number of sulfone groups is 1. The highest BCUT2D eigenvalue weighted by atomic mass is 32.2. The molecule has 0 bridgehead atoms. The molecule has 0 radical (unpaired) electrons. The Balaban J connectivity index is 1.72. The molecule has 0 spiro atoms. The van der Waals surface area contributed by atoms with Crippen molar-refractivity contribution in [1.82, 2.24) is 4.98 Å². The lowest BCUT2D eigenvalue weighted by atomic mass is 10.1. The van der Waals surface area contributed by atoms with E-state index in [1.54, 1.807) is 12.1 Å². The molecule has 2 aromatic carbocycles. The molecule has 0 aliphatic carbocycles. The van der Waals surface area contributed by atoms with Gasteiger partial charge in [0.05, 0.1) is 16.2 Å². The fourth-order valence-corrected chi connectivity index (χ4v) is 5.49. The van der Waals surface area contributed by atoms with Gasteiger partial charge in [-0.15, -0.1) is 0 Å². The highest BCUT2D eigenvalue weighted by molar-refractivity contribution is 7.91. The summed E-state index contributed by atoms with van der Waals surface area (Å²) in [6.45, 7) is 6.17. The fraction of sp³-hybridized carbons (Fsp3) is 0.375. The summed E-state index contributed by atoms with van der Waals surface area (Å²) in [6.07, 6.45) is 3.50. The zero-order chi connectivity index (χ0) is 21.1. The van der Waals surface area contributed by atoms with Crippen LogP contribution in [0.15, 0.2) is 53.4 Å². The first-order valence-corrected chi connectivity index (χ1v) is 12.3. The Labute approximate surface area is 179 Å². The number of anilines is 2. The summed E-state index contributed by atoms with van der Waals surface area (Å²) in [4.78, 5) is 7.43. The maximum absolute atomic E-state index is 12.7. The van der Waals surface area contributed by atoms with Gasteiger partial charge in [-0.25, -0.2) is 13.4 Å². The quantitative estimate of drug-likeness (QED) is 0.569. The standard InChI is InChI=1S/C24H29N3O2S/c1-3-4-7-12-25-22-16-24(26-21-11-10-18(2)15-20(21)22)27-13-14-30(28,29)23-9-6-5-8-19(23)17-27/h5-6,8-11,15-16H,3-4,7,12-14,17H2,1-2H3,(H,25,26). The van der Waals surface area contributed by atoms with Gasteiger partial charge in [0.15, 0.2) is 9.84 Å². The highest BCUT2D eigenvalue weighted by Crippen LogP contribution is 2.31. The van der Waals surface area contributed by atoms with Crippen molar-refractivity contribution in [3.8, 4) is 0 Å². The molecule has 0 atom stereocenters. The summed E-state index contributed by atoms with van der Waals surface area (Å²) in [5.74, 6) is 0.910. The second-order valence-corrected chi connectivity index (χ2v) is 10.1. The number of hydrogen-bond acceptors (Lipinski definition) is 5. The van der Waals surface area contributed by atoms with Gasteiger partial charge in [-0.1, -0.05) is 49.6 Å². The maximum atomic E-state index is 12.7. The molecule has 1 aliphatic heterocycles. The lowest BCUT2D eigenvalue weighted by Gasteiger charge is -2.23. The smallest absolute Gasteiger partial charge is 0.180 e. The molecule has 0 unspecified atom stereocenters. The molecular formula is C24H29N3O2S. The first-order chi connectivity index (χ1) is 14.5. The van der Waals surface area contributed by atoms with E-state index in [4.69, 9.17) is 4.98 Å². The van der Waals surface area contributed by atoms with Crippen LogP contribution < -0.4 is 10.2 Å². The molecule has 30 heavy (non-hydrogen) atoms. The second kappa shape index (κ2) is 8.64. The average molecular weight is 424 g/mol. The van der Waals surface area contributed by atoms with Crippen LogP contribution in [0, 0.1) is 6.92 Å². The van der Waals surface area contributed by atoms with Crippen molar-refractivity contribution < 1.29 is 8.42 Å². The number of aryl methyl sites for hydroxylation is 1. The predicted molar refractivity (Wildman–Crippen MR) is 124 cm³/mol. The van der Waals surface area contributed by atoms with E-state index in [0.29, 0.717) is 18.0 Å². The van der Waals surface area contributed by atoms with Gasteiger partial charge in [0.2, 0.25) is 0 Å². The molecule has 1 N–H and O–H groups in total. The zero-order valence-corrected chi connectivity index (χ0v) is 18.5. The molecule has 0 amide bonds. The molecule has 4 rings (SSSR count). The normalized spacial score (nSPS) is 15.6. The largest absolute Gasteiger partial charge is 0.384 e. The van der Waals surface area contributed by atoms with E-state index in [2.05, 4.69) is 42.3 Å². The molecule has 0 saturated carbocycles. The number of rotatable bonds is 6. The van der Waals surface area contributed by atoms with Crippen LogP contribution in [0.5, 0.6) is 0 Å². The Hall–Kier alpha value is -2.60. The summed E-state index contributed by atoms with van der Waals surface area (Å²) in [5.41, 5.74) is 4.02. The molecule has 0 saturated heterocycles. The molecule has 0 fully saturated rings. The number of pyridine rings is 1. The van der Waals surface area contributed by atoms with Gasteiger partial charge in [-0.2, -0.15) is 0 Å². The number of unbranched alkanes of at least 4 members (excludes halogenated alkanes) is 2. The van der Waals surface area contributed by atoms with Gasteiger partial charge in [0, 0.05) is 36.8 Å². The van der Waals surface area contributed by atoms with Crippen LogP contribution in [0.4, 0.5) is 11.5 Å². The highest BCUT2D eigenvalue weighted by Gasteiger charge is 2.26. The second-order valence-electron chi connectivity index (χ2n) is 8.03. The zero-order valence-electron chi connectivity index (χ0n) is 17.7. The molecule has 1 aromatic heterocycles. The van der Waals surface area contributed by atoms with E-state index < -0.39 is 9.84 Å². The molecule has 6 heteroatoms. The van der Waals surface area contributed by atoms with Gasteiger partial charge in [-0.3, -0.25) is 0 Å². The Bertz CT molecular complexity index is 1160. The van der Waals surface area contributed by atoms with Crippen molar-refractivity contribution in [3.05, 3.63) is 59.7 Å². The van der Waals surface area contributed by atoms with Crippen LogP contribution in [-0.4, -0.2) is 32.2 Å². The van der Waals surface area contributed by atoms with Crippen molar-refractivity contribution in [2.45, 2.75) is 44.6 Å². The van der Waals surface area contributed by atoms with Crippen LogP contribution in [0.25, 0.3) is 10.9 Å². The third-order valence-electron chi connectivity index (χ3n) is 5.67. The van der Waals surface area contributed by atoms with Crippen molar-refractivity contribution in [2.24, 2.45) is 0 Å². The summed E-state index contributed by atoms with van der Waals surface area (Å²) in [5, 5.41) is 4.70. The number of nitrogens with zero attached hydrogens (tertiary/aromatic N) is 2. The number of nitrogens with one attached hydrogen (secondary N) is 1. The van der Waals surface area contributed by atoms with Gasteiger partial charge in [0.1, 0.15) is 5.82 Å². The summed E-state index contributed by atoms with van der Waals surface area (Å²) < 4.78 is 25.5. The third-order valence-corrected chi connectivity index (χ3v) is 7.46. The average Bonchev–Trinajstić information content (AvgIpc) is 2.87. The Morgan fingerprint density at radius 2 is 1.93 bits per heavy atom. The van der Waals surface area contributed by atoms with Crippen LogP contribution in [0.3, 0.4) is 0 Å². The first kappa shape index (κ1) is 20.7. The monoisotopic (exact) mass is 423 g/mol. The minimum Gasteiger partial charge on any atom is -0.384 e. The van der Waals surface area contributed by atoms with Crippen LogP contribution >= 0.6 is 0 Å². The third kappa shape index (κ3) is 4.29. The van der Waals surface area contributed by atoms with Gasteiger partial charge in [0.25, 0.3) is 0 Å². The molecule has 158 valence electrons. The minimum absolute atomic E-state index is 0.0941. The summed E-state index contributed by atoms with van der Waals surface area (Å²) in [7, 11) is -3.28. The van der Waals surface area contributed by atoms with E-state index in [1.165, 1.54) is 18.4 Å². The number of fused-ring (bicyclic) bond motifs is 2. The van der Waals surface area contributed by atoms with E-state index in [-0.39, 0.29) is 5.75 Å². The molecule has 5 nitrogen and oxygen atoms in total. The van der Waals surface area contributed by atoms with Crippen LogP contribution in [0.2, 0.25) is 0 Å². The number of benzene rings is 2. The van der Waals surface area contributed by atoms with E-state index >= 15 is 0 Å². The lowest BCUT2D eigenvalue weighted by molar-refractivity contribution is 0.596. The van der Waals surface area contributed by atoms with Crippen LogP contribution in [0.1, 0.15) is 37.3 Å². The molecule has 3 aromatic rings. The summed E-state index contributed by atoms with van der Waals surface area (Å²) >= 11 is 0. The lowest BCUT2D eigenvalue weighted by Crippen LogP contribution is -2.26. The molecule has 2 heterocycles. The van der Waals surface area contributed by atoms with Gasteiger partial charge < -0.3 is 10.2 Å². The van der Waals surface area contributed by atoms with Crippen molar-refractivity contribution in [3.63, 3.8) is 0 Å². The van der Waals surface area contributed by atoms with Gasteiger partial charge >= 0.3 is 0 Å². The SMILES string of the molecule is CCCCCNc1cc(N2CCS(=O)(=O)c3ccccc3C2)nc2ccc(C)cc12. The van der Waals surface area contributed by atoms with Crippen molar-refractivity contribution >= 4 is 32.2 Å². The number of hydrogen-bond donors (Lipinski definition) is 1. The topological polar surface area (TPSA) is 62.3 Å². The summed E-state index contributed by atoms with van der Waals surface area (Å²) in [6, 6.07) is 15.7.